The van der Waals surface area contributed by atoms with E-state index in [0.29, 0.717) is 19.0 Å². The van der Waals surface area contributed by atoms with Crippen LogP contribution in [-0.4, -0.2) is 30.7 Å². The Morgan fingerprint density at radius 2 is 2.00 bits per heavy atom. The molecule has 8 heteroatoms. The van der Waals surface area contributed by atoms with Gasteiger partial charge in [0.1, 0.15) is 5.02 Å². The van der Waals surface area contributed by atoms with E-state index in [1.807, 2.05) is 6.92 Å². The van der Waals surface area contributed by atoms with Gasteiger partial charge in [0.2, 0.25) is 10.0 Å². The third kappa shape index (κ3) is 3.20. The molecular formula is C13H17ClN2O4S. The Bertz CT molecular complexity index is 662. The van der Waals surface area contributed by atoms with Crippen LogP contribution in [0.4, 0.5) is 5.69 Å². The van der Waals surface area contributed by atoms with Crippen LogP contribution in [0.25, 0.3) is 0 Å². The van der Waals surface area contributed by atoms with Crippen LogP contribution in [0.2, 0.25) is 5.02 Å². The maximum absolute atomic E-state index is 12.6. The van der Waals surface area contributed by atoms with Crippen LogP contribution in [0.15, 0.2) is 23.1 Å². The number of nitro groups is 1. The lowest BCUT2D eigenvalue weighted by atomic mass is 9.90. The Morgan fingerprint density at radius 3 is 2.57 bits per heavy atom. The van der Waals surface area contributed by atoms with Crippen molar-refractivity contribution in [2.45, 2.75) is 25.2 Å². The predicted molar refractivity (Wildman–Crippen MR) is 79.8 cm³/mol. The van der Waals surface area contributed by atoms with Crippen LogP contribution in [0.1, 0.15) is 20.3 Å². The average molecular weight is 333 g/mol. The summed E-state index contributed by atoms with van der Waals surface area (Å²) >= 11 is 5.72. The summed E-state index contributed by atoms with van der Waals surface area (Å²) < 4.78 is 26.6. The van der Waals surface area contributed by atoms with Crippen molar-refractivity contribution in [1.29, 1.82) is 0 Å². The van der Waals surface area contributed by atoms with Crippen molar-refractivity contribution >= 4 is 27.3 Å². The molecule has 1 aromatic carbocycles. The van der Waals surface area contributed by atoms with Gasteiger partial charge >= 0.3 is 0 Å². The lowest BCUT2D eigenvalue weighted by Gasteiger charge is -2.34. The fraction of sp³-hybridized carbons (Fsp3) is 0.538. The van der Waals surface area contributed by atoms with Gasteiger partial charge in [0, 0.05) is 19.2 Å². The van der Waals surface area contributed by atoms with Gasteiger partial charge in [-0.1, -0.05) is 25.4 Å². The zero-order chi connectivity index (χ0) is 15.8. The van der Waals surface area contributed by atoms with Gasteiger partial charge in [-0.2, -0.15) is 4.31 Å². The minimum absolute atomic E-state index is 0.0698. The molecule has 1 saturated heterocycles. The highest BCUT2D eigenvalue weighted by Gasteiger charge is 2.32. The monoisotopic (exact) mass is 332 g/mol. The van der Waals surface area contributed by atoms with Crippen molar-refractivity contribution in [3.05, 3.63) is 33.3 Å². The van der Waals surface area contributed by atoms with Crippen molar-refractivity contribution in [3.63, 3.8) is 0 Å². The quantitative estimate of drug-likeness (QED) is 0.629. The molecule has 1 aliphatic rings. The molecule has 0 spiro atoms. The number of sulfonamides is 1. The second kappa shape index (κ2) is 5.90. The van der Waals surface area contributed by atoms with E-state index >= 15 is 0 Å². The topological polar surface area (TPSA) is 80.5 Å². The third-order valence-corrected chi connectivity index (χ3v) is 6.23. The highest BCUT2D eigenvalue weighted by atomic mass is 35.5. The van der Waals surface area contributed by atoms with E-state index in [1.165, 1.54) is 16.4 Å². The largest absolute Gasteiger partial charge is 0.289 e. The summed E-state index contributed by atoms with van der Waals surface area (Å²) in [7, 11) is -3.72. The minimum Gasteiger partial charge on any atom is -0.258 e. The van der Waals surface area contributed by atoms with Gasteiger partial charge in [0.05, 0.1) is 9.82 Å². The van der Waals surface area contributed by atoms with Crippen LogP contribution < -0.4 is 0 Å². The molecule has 1 aliphatic heterocycles. The zero-order valence-electron chi connectivity index (χ0n) is 11.8. The van der Waals surface area contributed by atoms with E-state index in [4.69, 9.17) is 11.6 Å². The van der Waals surface area contributed by atoms with Crippen LogP contribution in [0.3, 0.4) is 0 Å². The van der Waals surface area contributed by atoms with Crippen LogP contribution in [-0.2, 0) is 10.0 Å². The number of nitrogens with zero attached hydrogens (tertiary/aromatic N) is 2. The van der Waals surface area contributed by atoms with Crippen molar-refractivity contribution in [1.82, 2.24) is 4.31 Å². The molecule has 0 aromatic heterocycles. The molecule has 0 N–H and O–H groups in total. The molecule has 0 radical (unpaired) electrons. The maximum Gasteiger partial charge on any atom is 0.289 e. The van der Waals surface area contributed by atoms with Gasteiger partial charge in [-0.3, -0.25) is 10.1 Å². The lowest BCUT2D eigenvalue weighted by Crippen LogP contribution is -2.42. The van der Waals surface area contributed by atoms with Crippen molar-refractivity contribution in [2.24, 2.45) is 11.8 Å². The van der Waals surface area contributed by atoms with Gasteiger partial charge in [-0.25, -0.2) is 8.42 Å². The average Bonchev–Trinajstić information content (AvgIpc) is 2.41. The minimum atomic E-state index is -3.72. The van der Waals surface area contributed by atoms with Gasteiger partial charge in [-0.05, 0) is 30.4 Å². The fourth-order valence-electron chi connectivity index (χ4n) is 2.38. The fourth-order valence-corrected chi connectivity index (χ4v) is 4.15. The molecule has 2 rings (SSSR count). The predicted octanol–water partition coefficient (Wildman–Crippen LogP) is 2.91. The first-order valence-electron chi connectivity index (χ1n) is 6.67. The van der Waals surface area contributed by atoms with E-state index in [2.05, 4.69) is 6.92 Å². The normalized spacial score (nSPS) is 24.0. The Labute approximate surface area is 128 Å². The summed E-state index contributed by atoms with van der Waals surface area (Å²) in [5.41, 5.74) is -0.392. The van der Waals surface area contributed by atoms with E-state index < -0.39 is 20.6 Å². The number of rotatable bonds is 3. The molecule has 1 fully saturated rings. The Morgan fingerprint density at radius 1 is 1.33 bits per heavy atom. The van der Waals surface area contributed by atoms with Gasteiger partial charge < -0.3 is 0 Å². The summed E-state index contributed by atoms with van der Waals surface area (Å²) in [4.78, 5) is 10.1. The van der Waals surface area contributed by atoms with Crippen molar-refractivity contribution in [2.75, 3.05) is 13.1 Å². The summed E-state index contributed by atoms with van der Waals surface area (Å²) in [6.45, 7) is 4.97. The van der Waals surface area contributed by atoms with E-state index in [1.54, 1.807) is 0 Å². The second-order valence-corrected chi connectivity index (χ2v) is 7.82. The molecule has 6 nitrogen and oxygen atoms in total. The lowest BCUT2D eigenvalue weighted by molar-refractivity contribution is -0.384. The number of nitro benzene ring substituents is 1. The maximum atomic E-state index is 12.6. The highest BCUT2D eigenvalue weighted by Crippen LogP contribution is 2.31. The van der Waals surface area contributed by atoms with E-state index in [-0.39, 0.29) is 15.8 Å². The zero-order valence-corrected chi connectivity index (χ0v) is 13.4. The SMILES string of the molecule is CC1CCN(S(=O)(=O)c2ccc(Cl)c([N+](=O)[O-])c2)CC1C. The number of hydrogen-bond donors (Lipinski definition) is 0. The first kappa shape index (κ1) is 16.2. The molecule has 2 atom stereocenters. The number of halogens is 1. The molecule has 0 amide bonds. The summed E-state index contributed by atoms with van der Waals surface area (Å²) in [6, 6.07) is 3.59. The summed E-state index contributed by atoms with van der Waals surface area (Å²) in [5.74, 6) is 0.729. The van der Waals surface area contributed by atoms with Crippen LogP contribution >= 0.6 is 11.6 Å². The molecular weight excluding hydrogens is 316 g/mol. The number of hydrogen-bond acceptors (Lipinski definition) is 4. The standard InChI is InChI=1S/C13H17ClN2O4S/c1-9-5-6-15(8-10(9)2)21(19,20)11-3-4-12(14)13(7-11)16(17)18/h3-4,7,9-10H,5-6,8H2,1-2H3. The van der Waals surface area contributed by atoms with Crippen molar-refractivity contribution < 1.29 is 13.3 Å². The molecule has 1 heterocycles. The molecule has 0 saturated carbocycles. The molecule has 1 aromatic rings. The first-order valence-corrected chi connectivity index (χ1v) is 8.49. The Hall–Kier alpha value is -1.18. The van der Waals surface area contributed by atoms with E-state index in [9.17, 15) is 18.5 Å². The third-order valence-electron chi connectivity index (χ3n) is 4.05. The molecule has 21 heavy (non-hydrogen) atoms. The molecule has 116 valence electrons. The number of benzene rings is 1. The molecule has 2 unspecified atom stereocenters. The first-order chi connectivity index (χ1) is 9.73. The summed E-state index contributed by atoms with van der Waals surface area (Å²) in [6.07, 6.45) is 0.788. The Balaban J connectivity index is 2.36. The smallest absolute Gasteiger partial charge is 0.258 e. The summed E-state index contributed by atoms with van der Waals surface area (Å²) in [5, 5.41) is 10.8. The Kier molecular flexibility index (Phi) is 4.55. The van der Waals surface area contributed by atoms with Gasteiger partial charge in [0.15, 0.2) is 0 Å². The van der Waals surface area contributed by atoms with E-state index in [0.717, 1.165) is 12.5 Å². The molecule has 0 bridgehead atoms. The van der Waals surface area contributed by atoms with Crippen molar-refractivity contribution in [3.8, 4) is 0 Å². The van der Waals surface area contributed by atoms with Crippen LogP contribution in [0, 0.1) is 22.0 Å². The van der Waals surface area contributed by atoms with Gasteiger partial charge in [0.25, 0.3) is 5.69 Å². The van der Waals surface area contributed by atoms with Crippen LogP contribution in [0.5, 0.6) is 0 Å². The molecule has 0 aliphatic carbocycles. The van der Waals surface area contributed by atoms with Gasteiger partial charge in [-0.15, -0.1) is 0 Å². The highest BCUT2D eigenvalue weighted by molar-refractivity contribution is 7.89. The number of piperidine rings is 1. The second-order valence-electron chi connectivity index (χ2n) is 5.48.